The summed E-state index contributed by atoms with van der Waals surface area (Å²) in [4.78, 5) is 12.3. The summed E-state index contributed by atoms with van der Waals surface area (Å²) >= 11 is 1.56. The summed E-state index contributed by atoms with van der Waals surface area (Å²) in [5.74, 6) is 0.244. The molecular formula is C10H16OS. The zero-order valence-electron chi connectivity index (χ0n) is 8.18. The first kappa shape index (κ1) is 11.5. The first-order chi connectivity index (χ1) is 5.49. The van der Waals surface area contributed by atoms with E-state index in [4.69, 9.17) is 0 Å². The average molecular weight is 184 g/mol. The third-order valence-electron chi connectivity index (χ3n) is 1.48. The SMILES string of the molecule is C=C(C)/C(=C/C(=O)C(C)C)SC. The summed E-state index contributed by atoms with van der Waals surface area (Å²) in [5.41, 5.74) is 0.955. The molecule has 0 saturated heterocycles. The van der Waals surface area contributed by atoms with Gasteiger partial charge < -0.3 is 0 Å². The average Bonchev–Trinajstić information content (AvgIpc) is 1.98. The van der Waals surface area contributed by atoms with Crippen LogP contribution in [0.15, 0.2) is 23.1 Å². The van der Waals surface area contributed by atoms with Crippen LogP contribution in [0.2, 0.25) is 0 Å². The molecule has 0 spiro atoms. The molecule has 2 heteroatoms. The number of allylic oxidation sites excluding steroid dienone is 2. The highest BCUT2D eigenvalue weighted by Gasteiger charge is 2.05. The van der Waals surface area contributed by atoms with Crippen molar-refractivity contribution in [3.8, 4) is 0 Å². The zero-order chi connectivity index (χ0) is 9.72. The van der Waals surface area contributed by atoms with Crippen LogP contribution in [0.25, 0.3) is 0 Å². The number of thioether (sulfide) groups is 1. The molecule has 0 bridgehead atoms. The number of carbonyl (C=O) groups is 1. The van der Waals surface area contributed by atoms with Gasteiger partial charge in [-0.15, -0.1) is 11.8 Å². The summed E-state index contributed by atoms with van der Waals surface area (Å²) in [6.07, 6.45) is 3.63. The first-order valence-electron chi connectivity index (χ1n) is 3.94. The molecule has 0 rings (SSSR count). The Hall–Kier alpha value is -0.500. The summed E-state index contributed by atoms with van der Waals surface area (Å²) in [7, 11) is 0. The Morgan fingerprint density at radius 2 is 2.00 bits per heavy atom. The van der Waals surface area contributed by atoms with E-state index in [1.54, 1.807) is 17.8 Å². The predicted molar refractivity (Wildman–Crippen MR) is 56.3 cm³/mol. The second-order valence-corrected chi connectivity index (χ2v) is 3.90. The predicted octanol–water partition coefficient (Wildman–Crippen LogP) is 3.03. The van der Waals surface area contributed by atoms with Crippen LogP contribution in [0.4, 0.5) is 0 Å². The molecular weight excluding hydrogens is 168 g/mol. The fraction of sp³-hybridized carbons (Fsp3) is 0.500. The van der Waals surface area contributed by atoms with Crippen molar-refractivity contribution < 1.29 is 4.79 Å². The van der Waals surface area contributed by atoms with Gasteiger partial charge in [-0.05, 0) is 24.8 Å². The number of hydrogen-bond donors (Lipinski definition) is 0. The number of carbonyl (C=O) groups excluding carboxylic acids is 1. The standard InChI is InChI=1S/C10H16OS/c1-7(2)9(11)6-10(12-5)8(3)4/h6-7H,3H2,1-2,4-5H3/b10-6-. The van der Waals surface area contributed by atoms with Crippen molar-refractivity contribution in [2.45, 2.75) is 20.8 Å². The maximum atomic E-state index is 11.3. The molecule has 0 aromatic carbocycles. The number of ketones is 1. The molecule has 0 aliphatic heterocycles. The first-order valence-corrected chi connectivity index (χ1v) is 5.17. The van der Waals surface area contributed by atoms with E-state index in [2.05, 4.69) is 6.58 Å². The quantitative estimate of drug-likeness (QED) is 0.493. The molecule has 0 N–H and O–H groups in total. The molecule has 0 aliphatic rings. The normalized spacial score (nSPS) is 11.9. The van der Waals surface area contributed by atoms with Crippen LogP contribution in [-0.2, 0) is 4.79 Å². The molecule has 12 heavy (non-hydrogen) atoms. The van der Waals surface area contributed by atoms with E-state index in [0.29, 0.717) is 0 Å². The molecule has 1 nitrogen and oxygen atoms in total. The highest BCUT2D eigenvalue weighted by molar-refractivity contribution is 8.02. The fourth-order valence-corrected chi connectivity index (χ4v) is 1.23. The van der Waals surface area contributed by atoms with Crippen molar-refractivity contribution in [3.05, 3.63) is 23.1 Å². The van der Waals surface area contributed by atoms with E-state index in [0.717, 1.165) is 10.5 Å². The van der Waals surface area contributed by atoms with Crippen LogP contribution in [0, 0.1) is 5.92 Å². The van der Waals surface area contributed by atoms with Gasteiger partial charge >= 0.3 is 0 Å². The lowest BCUT2D eigenvalue weighted by Gasteiger charge is -2.03. The maximum Gasteiger partial charge on any atom is 0.159 e. The second-order valence-electron chi connectivity index (χ2n) is 3.05. The summed E-state index contributed by atoms with van der Waals surface area (Å²) in [5, 5.41) is 0. The van der Waals surface area contributed by atoms with Gasteiger partial charge in [-0.2, -0.15) is 0 Å². The maximum absolute atomic E-state index is 11.3. The minimum atomic E-state index is 0.0755. The van der Waals surface area contributed by atoms with E-state index in [1.165, 1.54) is 0 Å². The Morgan fingerprint density at radius 3 is 2.25 bits per heavy atom. The zero-order valence-corrected chi connectivity index (χ0v) is 8.99. The summed E-state index contributed by atoms with van der Waals surface area (Å²) in [6.45, 7) is 9.51. The molecule has 68 valence electrons. The van der Waals surface area contributed by atoms with Crippen molar-refractivity contribution >= 4 is 17.5 Å². The van der Waals surface area contributed by atoms with Crippen LogP contribution >= 0.6 is 11.8 Å². The Morgan fingerprint density at radius 1 is 1.50 bits per heavy atom. The van der Waals surface area contributed by atoms with E-state index in [9.17, 15) is 4.79 Å². The smallest absolute Gasteiger partial charge is 0.159 e. The Balaban J connectivity index is 4.49. The van der Waals surface area contributed by atoms with Crippen LogP contribution in [0.1, 0.15) is 20.8 Å². The van der Waals surface area contributed by atoms with Crippen LogP contribution in [0.3, 0.4) is 0 Å². The van der Waals surface area contributed by atoms with Crippen molar-refractivity contribution in [1.82, 2.24) is 0 Å². The number of hydrogen-bond acceptors (Lipinski definition) is 2. The molecule has 0 aliphatic carbocycles. The molecule has 0 aromatic rings. The second kappa shape index (κ2) is 5.20. The molecule has 0 unspecified atom stereocenters. The largest absolute Gasteiger partial charge is 0.295 e. The molecule has 0 atom stereocenters. The van der Waals surface area contributed by atoms with Gasteiger partial charge in [0, 0.05) is 10.8 Å². The van der Waals surface area contributed by atoms with Gasteiger partial charge in [0.15, 0.2) is 5.78 Å². The summed E-state index contributed by atoms with van der Waals surface area (Å²) < 4.78 is 0. The highest BCUT2D eigenvalue weighted by atomic mass is 32.2. The molecule has 0 heterocycles. The lowest BCUT2D eigenvalue weighted by molar-refractivity contribution is -0.117. The Kier molecular flexibility index (Phi) is 4.98. The van der Waals surface area contributed by atoms with Gasteiger partial charge in [0.2, 0.25) is 0 Å². The van der Waals surface area contributed by atoms with E-state index in [1.807, 2.05) is 27.0 Å². The van der Waals surface area contributed by atoms with Crippen molar-refractivity contribution in [2.75, 3.05) is 6.26 Å². The fourth-order valence-electron chi connectivity index (χ4n) is 0.652. The lowest BCUT2D eigenvalue weighted by Crippen LogP contribution is -2.03. The topological polar surface area (TPSA) is 17.1 Å². The monoisotopic (exact) mass is 184 g/mol. The molecule has 0 radical (unpaired) electrons. The van der Waals surface area contributed by atoms with Crippen LogP contribution < -0.4 is 0 Å². The minimum Gasteiger partial charge on any atom is -0.295 e. The van der Waals surface area contributed by atoms with Crippen LogP contribution in [0.5, 0.6) is 0 Å². The van der Waals surface area contributed by atoms with E-state index >= 15 is 0 Å². The van der Waals surface area contributed by atoms with Gasteiger partial charge in [0.25, 0.3) is 0 Å². The van der Waals surface area contributed by atoms with E-state index < -0.39 is 0 Å². The third-order valence-corrected chi connectivity index (χ3v) is 2.39. The highest BCUT2D eigenvalue weighted by Crippen LogP contribution is 2.19. The van der Waals surface area contributed by atoms with Crippen LogP contribution in [-0.4, -0.2) is 12.0 Å². The Labute approximate surface area is 78.9 Å². The summed E-state index contributed by atoms with van der Waals surface area (Å²) in [6, 6.07) is 0. The molecule has 0 fully saturated rings. The lowest BCUT2D eigenvalue weighted by atomic mass is 10.1. The molecule has 0 amide bonds. The van der Waals surface area contributed by atoms with Gasteiger partial charge in [0.1, 0.15) is 0 Å². The molecule has 0 saturated carbocycles. The van der Waals surface area contributed by atoms with Gasteiger partial charge in [-0.3, -0.25) is 4.79 Å². The van der Waals surface area contributed by atoms with Crippen molar-refractivity contribution in [2.24, 2.45) is 5.92 Å². The minimum absolute atomic E-state index is 0.0755. The third kappa shape index (κ3) is 3.77. The van der Waals surface area contributed by atoms with Crippen molar-refractivity contribution in [3.63, 3.8) is 0 Å². The van der Waals surface area contributed by atoms with Gasteiger partial charge in [-0.25, -0.2) is 0 Å². The van der Waals surface area contributed by atoms with Gasteiger partial charge in [0.05, 0.1) is 0 Å². The van der Waals surface area contributed by atoms with E-state index in [-0.39, 0.29) is 11.7 Å². The Bertz CT molecular complexity index is 214. The molecule has 0 aromatic heterocycles. The van der Waals surface area contributed by atoms with Gasteiger partial charge in [-0.1, -0.05) is 20.4 Å². The van der Waals surface area contributed by atoms with Crippen molar-refractivity contribution in [1.29, 1.82) is 0 Å². The number of rotatable bonds is 4.